The lowest BCUT2D eigenvalue weighted by atomic mass is 10.2. The van der Waals surface area contributed by atoms with E-state index >= 15 is 0 Å². The molecule has 3 aromatic rings. The number of esters is 1. The average molecular weight is 278 g/mol. The van der Waals surface area contributed by atoms with Gasteiger partial charge in [-0.15, -0.1) is 11.3 Å². The second kappa shape index (κ2) is 4.23. The Morgan fingerprint density at radius 3 is 2.94 bits per heavy atom. The first kappa shape index (κ1) is 11.4. The maximum atomic E-state index is 11.6. The Labute approximate surface area is 112 Å². The zero-order valence-corrected chi connectivity index (χ0v) is 11.0. The van der Waals surface area contributed by atoms with Crippen molar-refractivity contribution in [2.45, 2.75) is 0 Å². The van der Waals surface area contributed by atoms with Crippen LogP contribution in [0, 0.1) is 0 Å². The van der Waals surface area contributed by atoms with Crippen molar-refractivity contribution in [3.63, 3.8) is 0 Å². The summed E-state index contributed by atoms with van der Waals surface area (Å²) in [7, 11) is 1.33. The van der Waals surface area contributed by atoms with Gasteiger partial charge in [-0.25, -0.2) is 4.79 Å². The molecule has 18 heavy (non-hydrogen) atoms. The molecule has 0 atom stereocenters. The standard InChI is InChI=1S/C13H8ClNO2S/c1-17-13(16)8-6-15-11-7-4-2-3-5-9(7)18-12(11)10(8)14/h2-6H,1H3. The lowest BCUT2D eigenvalue weighted by Gasteiger charge is -2.01. The molecule has 90 valence electrons. The van der Waals surface area contributed by atoms with Crippen LogP contribution in [0.4, 0.5) is 0 Å². The average Bonchev–Trinajstić information content (AvgIpc) is 2.78. The second-order valence-corrected chi connectivity index (χ2v) is 5.18. The number of nitrogens with zero attached hydrogens (tertiary/aromatic N) is 1. The summed E-state index contributed by atoms with van der Waals surface area (Å²) in [4.78, 5) is 15.9. The predicted molar refractivity (Wildman–Crippen MR) is 73.5 cm³/mol. The third-order valence-electron chi connectivity index (χ3n) is 2.73. The molecule has 0 N–H and O–H groups in total. The molecule has 0 saturated carbocycles. The summed E-state index contributed by atoms with van der Waals surface area (Å²) in [5.41, 5.74) is 1.13. The van der Waals surface area contributed by atoms with E-state index in [0.29, 0.717) is 10.6 Å². The van der Waals surface area contributed by atoms with Crippen LogP contribution in [0.3, 0.4) is 0 Å². The van der Waals surface area contributed by atoms with Crippen molar-refractivity contribution < 1.29 is 9.53 Å². The minimum absolute atomic E-state index is 0.304. The second-order valence-electron chi connectivity index (χ2n) is 3.75. The van der Waals surface area contributed by atoms with Crippen LogP contribution < -0.4 is 0 Å². The first-order valence-corrected chi connectivity index (χ1v) is 6.46. The molecule has 3 nitrogen and oxygen atoms in total. The Balaban J connectivity index is 2.39. The molecular formula is C13H8ClNO2S. The molecule has 0 saturated heterocycles. The number of benzene rings is 1. The minimum Gasteiger partial charge on any atom is -0.465 e. The van der Waals surface area contributed by atoms with Crippen LogP contribution in [0.25, 0.3) is 20.3 Å². The fraction of sp³-hybridized carbons (Fsp3) is 0.0769. The number of hydrogen-bond acceptors (Lipinski definition) is 4. The van der Waals surface area contributed by atoms with E-state index in [-0.39, 0.29) is 0 Å². The third kappa shape index (κ3) is 1.57. The van der Waals surface area contributed by atoms with Gasteiger partial charge in [0.15, 0.2) is 0 Å². The highest BCUT2D eigenvalue weighted by Crippen LogP contribution is 2.37. The van der Waals surface area contributed by atoms with Crippen molar-refractivity contribution in [1.82, 2.24) is 4.98 Å². The molecule has 2 aromatic heterocycles. The SMILES string of the molecule is COC(=O)c1cnc2c(sc3ccccc32)c1Cl. The molecule has 2 heterocycles. The highest BCUT2D eigenvalue weighted by atomic mass is 35.5. The summed E-state index contributed by atoms with van der Waals surface area (Å²) >= 11 is 7.78. The number of ether oxygens (including phenoxy) is 1. The van der Waals surface area contributed by atoms with Gasteiger partial charge in [-0.05, 0) is 6.07 Å². The Bertz CT molecular complexity index is 766. The highest BCUT2D eigenvalue weighted by molar-refractivity contribution is 7.26. The molecule has 0 aliphatic rings. The zero-order valence-electron chi connectivity index (χ0n) is 9.44. The van der Waals surface area contributed by atoms with Gasteiger partial charge in [0, 0.05) is 16.3 Å². The van der Waals surface area contributed by atoms with Crippen LogP contribution in [0.2, 0.25) is 5.02 Å². The van der Waals surface area contributed by atoms with Crippen molar-refractivity contribution in [3.05, 3.63) is 41.0 Å². The summed E-state index contributed by atoms with van der Waals surface area (Å²) in [6.45, 7) is 0. The largest absolute Gasteiger partial charge is 0.465 e. The molecular weight excluding hydrogens is 270 g/mol. The lowest BCUT2D eigenvalue weighted by molar-refractivity contribution is 0.0600. The first-order valence-electron chi connectivity index (χ1n) is 5.26. The fourth-order valence-corrected chi connectivity index (χ4v) is 3.30. The monoisotopic (exact) mass is 277 g/mol. The van der Waals surface area contributed by atoms with Crippen LogP contribution in [0.5, 0.6) is 0 Å². The molecule has 0 unspecified atom stereocenters. The summed E-state index contributed by atoms with van der Waals surface area (Å²) in [6, 6.07) is 7.93. The van der Waals surface area contributed by atoms with Gasteiger partial charge in [-0.1, -0.05) is 29.8 Å². The zero-order chi connectivity index (χ0) is 12.7. The summed E-state index contributed by atoms with van der Waals surface area (Å²) in [5.74, 6) is -0.466. The Morgan fingerprint density at radius 1 is 1.39 bits per heavy atom. The quantitative estimate of drug-likeness (QED) is 0.634. The first-order chi connectivity index (χ1) is 8.72. The van der Waals surface area contributed by atoms with Crippen molar-refractivity contribution >= 4 is 49.2 Å². The summed E-state index contributed by atoms with van der Waals surface area (Å²) in [5, 5.41) is 1.46. The molecule has 0 fully saturated rings. The van der Waals surface area contributed by atoms with Crippen molar-refractivity contribution in [2.75, 3.05) is 7.11 Å². The van der Waals surface area contributed by atoms with Gasteiger partial charge in [0.25, 0.3) is 0 Å². The Morgan fingerprint density at radius 2 is 2.17 bits per heavy atom. The van der Waals surface area contributed by atoms with Gasteiger partial charge in [0.2, 0.25) is 0 Å². The van der Waals surface area contributed by atoms with E-state index in [1.54, 1.807) is 0 Å². The summed E-state index contributed by atoms with van der Waals surface area (Å²) in [6.07, 6.45) is 1.47. The van der Waals surface area contributed by atoms with Crippen LogP contribution in [0.15, 0.2) is 30.5 Å². The van der Waals surface area contributed by atoms with Crippen molar-refractivity contribution in [3.8, 4) is 0 Å². The number of aromatic nitrogens is 1. The van der Waals surface area contributed by atoms with Gasteiger partial charge >= 0.3 is 5.97 Å². The van der Waals surface area contributed by atoms with Gasteiger partial charge in [-0.2, -0.15) is 0 Å². The molecule has 0 bridgehead atoms. The molecule has 0 amide bonds. The number of pyridine rings is 1. The highest BCUT2D eigenvalue weighted by Gasteiger charge is 2.17. The van der Waals surface area contributed by atoms with E-state index in [2.05, 4.69) is 9.72 Å². The van der Waals surface area contributed by atoms with E-state index in [1.807, 2.05) is 24.3 Å². The number of carbonyl (C=O) groups excluding carboxylic acids is 1. The van der Waals surface area contributed by atoms with Crippen LogP contribution >= 0.6 is 22.9 Å². The van der Waals surface area contributed by atoms with E-state index in [9.17, 15) is 4.79 Å². The number of thiophene rings is 1. The molecule has 5 heteroatoms. The van der Waals surface area contributed by atoms with Crippen LogP contribution in [-0.4, -0.2) is 18.1 Å². The summed E-state index contributed by atoms with van der Waals surface area (Å²) < 4.78 is 6.60. The van der Waals surface area contributed by atoms with Crippen LogP contribution in [-0.2, 0) is 4.74 Å². The van der Waals surface area contributed by atoms with E-state index < -0.39 is 5.97 Å². The Kier molecular flexibility index (Phi) is 2.69. The molecule has 0 aliphatic carbocycles. The van der Waals surface area contributed by atoms with E-state index in [1.165, 1.54) is 24.6 Å². The van der Waals surface area contributed by atoms with E-state index in [0.717, 1.165) is 20.3 Å². The normalized spacial score (nSPS) is 11.0. The number of rotatable bonds is 1. The molecule has 0 aliphatic heterocycles. The maximum absolute atomic E-state index is 11.6. The fourth-order valence-electron chi connectivity index (χ4n) is 1.87. The lowest BCUT2D eigenvalue weighted by Crippen LogP contribution is -2.02. The van der Waals surface area contributed by atoms with Crippen molar-refractivity contribution in [1.29, 1.82) is 0 Å². The third-order valence-corrected chi connectivity index (χ3v) is 4.42. The van der Waals surface area contributed by atoms with Gasteiger partial charge < -0.3 is 4.74 Å². The maximum Gasteiger partial charge on any atom is 0.341 e. The van der Waals surface area contributed by atoms with Crippen LogP contribution in [0.1, 0.15) is 10.4 Å². The predicted octanol–water partition coefficient (Wildman–Crippen LogP) is 3.89. The Hall–Kier alpha value is -1.65. The molecule has 1 aromatic carbocycles. The molecule has 0 radical (unpaired) electrons. The van der Waals surface area contributed by atoms with Gasteiger partial charge in [-0.3, -0.25) is 4.98 Å². The van der Waals surface area contributed by atoms with Crippen molar-refractivity contribution in [2.24, 2.45) is 0 Å². The number of halogens is 1. The van der Waals surface area contributed by atoms with Gasteiger partial charge in [0.1, 0.15) is 0 Å². The molecule has 3 rings (SSSR count). The minimum atomic E-state index is -0.466. The number of hydrogen-bond donors (Lipinski definition) is 0. The smallest absolute Gasteiger partial charge is 0.341 e. The molecule has 0 spiro atoms. The van der Waals surface area contributed by atoms with E-state index in [4.69, 9.17) is 11.6 Å². The number of carbonyl (C=O) groups is 1. The number of fused-ring (bicyclic) bond motifs is 3. The van der Waals surface area contributed by atoms with Gasteiger partial charge in [0.05, 0.1) is 27.9 Å². The number of methoxy groups -OCH3 is 1. The topological polar surface area (TPSA) is 39.2 Å².